The SMILES string of the molecule is C[C@H]1[C@H](F)[C@H](n2ccc(N(C(=O)OC(C)(C)C)C(=O)OC(C)(C)C)nc2=O)S[C@@H]1CO[PH](=O)N[C@@H](C)C(=O)OCc1ccccc1. The van der Waals surface area contributed by atoms with E-state index >= 15 is 4.39 Å². The summed E-state index contributed by atoms with van der Waals surface area (Å²) in [4.78, 5) is 55.6. The number of hydrogen-bond acceptors (Lipinski definition) is 11. The van der Waals surface area contributed by atoms with E-state index in [-0.39, 0.29) is 19.0 Å². The van der Waals surface area contributed by atoms with Crippen LogP contribution in [0.4, 0.5) is 19.8 Å². The number of nitrogens with one attached hydrogen (secondary N) is 1. The van der Waals surface area contributed by atoms with Gasteiger partial charge in [0.25, 0.3) is 8.18 Å². The third-order valence-corrected chi connectivity index (χ3v) is 9.22. The predicted molar refractivity (Wildman–Crippen MR) is 172 cm³/mol. The Morgan fingerprint density at radius 1 is 1.07 bits per heavy atom. The average Bonchev–Trinajstić information content (AvgIpc) is 3.22. The molecule has 2 aromatic rings. The Morgan fingerprint density at radius 3 is 2.20 bits per heavy atom. The van der Waals surface area contributed by atoms with Crippen LogP contribution in [0.3, 0.4) is 0 Å². The van der Waals surface area contributed by atoms with Crippen molar-refractivity contribution in [2.75, 3.05) is 11.5 Å². The number of carbonyl (C=O) groups excluding carboxylic acids is 3. The molecule has 1 aliphatic heterocycles. The minimum Gasteiger partial charge on any atom is -0.460 e. The van der Waals surface area contributed by atoms with Crippen LogP contribution < -0.4 is 15.7 Å². The van der Waals surface area contributed by atoms with Crippen molar-refractivity contribution in [1.82, 2.24) is 14.6 Å². The zero-order chi connectivity index (χ0) is 34.4. The molecule has 3 rings (SSSR count). The number of alkyl halides is 1. The molecule has 1 fully saturated rings. The molecule has 6 atom stereocenters. The van der Waals surface area contributed by atoms with E-state index in [1.165, 1.54) is 19.2 Å². The Labute approximate surface area is 272 Å². The van der Waals surface area contributed by atoms with Crippen molar-refractivity contribution in [3.8, 4) is 0 Å². The first-order valence-electron chi connectivity index (χ1n) is 14.6. The molecule has 1 aliphatic rings. The Balaban J connectivity index is 1.65. The lowest BCUT2D eigenvalue weighted by molar-refractivity contribution is -0.146. The maximum absolute atomic E-state index is 15.5. The summed E-state index contributed by atoms with van der Waals surface area (Å²) in [6.45, 7) is 12.7. The number of esters is 1. The Hall–Kier alpha value is -3.26. The van der Waals surface area contributed by atoms with Crippen LogP contribution in [0.25, 0.3) is 0 Å². The lowest BCUT2D eigenvalue weighted by Crippen LogP contribution is -2.45. The lowest BCUT2D eigenvalue weighted by atomic mass is 10.0. The standard InChI is InChI=1S/C30H42FN4O9PS/c1-18-21(17-42-45(40)33-19(2)25(36)41-16-20-12-10-9-11-13-20)46-24(23(18)31)34-15-14-22(32-26(34)37)35(27(38)43-29(3,4)5)28(39)44-30(6,7)8/h9-15,18-19,21,23-24,45H,16-17H2,1-8H3,(H,33,40)/t18-,19+,21-,23+,24-/m1/s1. The highest BCUT2D eigenvalue weighted by Crippen LogP contribution is 2.47. The van der Waals surface area contributed by atoms with Crippen LogP contribution in [0.2, 0.25) is 0 Å². The summed E-state index contributed by atoms with van der Waals surface area (Å²) in [5.41, 5.74) is -2.04. The predicted octanol–water partition coefficient (Wildman–Crippen LogP) is 5.64. The number of aromatic nitrogens is 2. The van der Waals surface area contributed by atoms with Gasteiger partial charge in [-0.2, -0.15) is 9.88 Å². The van der Waals surface area contributed by atoms with Gasteiger partial charge in [0.1, 0.15) is 35.4 Å². The number of thioether (sulfide) groups is 1. The third-order valence-electron chi connectivity index (χ3n) is 6.44. The van der Waals surface area contributed by atoms with Gasteiger partial charge in [-0.05, 0) is 60.1 Å². The quantitative estimate of drug-likeness (QED) is 0.187. The van der Waals surface area contributed by atoms with E-state index in [9.17, 15) is 23.7 Å². The van der Waals surface area contributed by atoms with Crippen LogP contribution in [0, 0.1) is 5.92 Å². The molecule has 16 heteroatoms. The molecule has 254 valence electrons. The highest BCUT2D eigenvalue weighted by molar-refractivity contribution is 8.00. The Bertz CT molecular complexity index is 1440. The average molecular weight is 685 g/mol. The fourth-order valence-electron chi connectivity index (χ4n) is 4.14. The van der Waals surface area contributed by atoms with E-state index in [0.29, 0.717) is 4.90 Å². The highest BCUT2D eigenvalue weighted by Gasteiger charge is 2.44. The molecule has 46 heavy (non-hydrogen) atoms. The minimum absolute atomic E-state index is 0.0677. The van der Waals surface area contributed by atoms with Crippen molar-refractivity contribution in [2.24, 2.45) is 5.92 Å². The van der Waals surface area contributed by atoms with E-state index in [1.54, 1.807) is 48.5 Å². The number of imide groups is 1. The van der Waals surface area contributed by atoms with Gasteiger partial charge in [0.2, 0.25) is 0 Å². The maximum atomic E-state index is 15.5. The molecule has 1 saturated heterocycles. The van der Waals surface area contributed by atoms with Crippen molar-refractivity contribution >= 4 is 43.9 Å². The van der Waals surface area contributed by atoms with E-state index in [0.717, 1.165) is 21.9 Å². The second-order valence-electron chi connectivity index (χ2n) is 12.7. The van der Waals surface area contributed by atoms with Gasteiger partial charge in [0.05, 0.1) is 6.61 Å². The van der Waals surface area contributed by atoms with Gasteiger partial charge in [-0.3, -0.25) is 13.9 Å². The molecule has 2 heterocycles. The zero-order valence-electron chi connectivity index (χ0n) is 27.1. The number of rotatable bonds is 10. The molecule has 0 spiro atoms. The van der Waals surface area contributed by atoms with Gasteiger partial charge in [-0.25, -0.2) is 23.9 Å². The van der Waals surface area contributed by atoms with Crippen molar-refractivity contribution in [2.45, 2.75) is 96.0 Å². The first-order valence-corrected chi connectivity index (χ1v) is 16.9. The van der Waals surface area contributed by atoms with Crippen LogP contribution in [0.5, 0.6) is 0 Å². The molecule has 0 aliphatic carbocycles. The number of halogens is 1. The number of ether oxygens (including phenoxy) is 3. The van der Waals surface area contributed by atoms with Crippen LogP contribution in [-0.4, -0.2) is 63.0 Å². The molecular formula is C30H42FN4O9PS. The summed E-state index contributed by atoms with van der Waals surface area (Å²) < 4.78 is 50.4. The molecule has 1 unspecified atom stereocenters. The van der Waals surface area contributed by atoms with Crippen molar-refractivity contribution in [1.29, 1.82) is 0 Å². The van der Waals surface area contributed by atoms with Crippen LogP contribution in [0.1, 0.15) is 66.3 Å². The van der Waals surface area contributed by atoms with Gasteiger partial charge < -0.3 is 18.7 Å². The van der Waals surface area contributed by atoms with E-state index in [1.807, 2.05) is 30.3 Å². The largest absolute Gasteiger partial charge is 0.460 e. The summed E-state index contributed by atoms with van der Waals surface area (Å²) in [6, 6.07) is 9.42. The fourth-order valence-corrected chi connectivity index (χ4v) is 6.74. The minimum atomic E-state index is -2.90. The summed E-state index contributed by atoms with van der Waals surface area (Å²) in [7, 11) is -2.90. The van der Waals surface area contributed by atoms with Gasteiger partial charge in [-0.1, -0.05) is 37.3 Å². The van der Waals surface area contributed by atoms with Gasteiger partial charge in [-0.15, -0.1) is 11.8 Å². The molecule has 0 saturated carbocycles. The number of anilines is 1. The molecule has 1 aromatic heterocycles. The van der Waals surface area contributed by atoms with E-state index in [2.05, 4.69) is 10.1 Å². The fraction of sp³-hybridized carbons (Fsp3) is 0.567. The number of amides is 2. The van der Waals surface area contributed by atoms with E-state index < -0.39 is 72.0 Å². The van der Waals surface area contributed by atoms with Crippen LogP contribution in [-0.2, 0) is 34.7 Å². The van der Waals surface area contributed by atoms with Crippen LogP contribution >= 0.6 is 19.9 Å². The maximum Gasteiger partial charge on any atom is 0.425 e. The zero-order valence-corrected chi connectivity index (χ0v) is 29.0. The summed E-state index contributed by atoms with van der Waals surface area (Å²) >= 11 is 1.09. The Morgan fingerprint density at radius 2 is 1.65 bits per heavy atom. The normalized spacial score (nSPS) is 21.2. The molecule has 1 aromatic carbocycles. The first kappa shape index (κ1) is 37.2. The molecule has 1 N–H and O–H groups in total. The van der Waals surface area contributed by atoms with E-state index in [4.69, 9.17) is 18.7 Å². The summed E-state index contributed by atoms with van der Waals surface area (Å²) in [5, 5.41) is 1.07. The second-order valence-corrected chi connectivity index (χ2v) is 15.2. The van der Waals surface area contributed by atoms with Crippen LogP contribution in [0.15, 0.2) is 47.4 Å². The van der Waals surface area contributed by atoms with Gasteiger partial charge in [0, 0.05) is 17.4 Å². The first-order chi connectivity index (χ1) is 21.4. The smallest absolute Gasteiger partial charge is 0.425 e. The number of benzene rings is 1. The molecule has 2 amide bonds. The third kappa shape index (κ3) is 10.6. The topological polar surface area (TPSA) is 155 Å². The summed E-state index contributed by atoms with van der Waals surface area (Å²) in [5.74, 6) is -1.56. The summed E-state index contributed by atoms with van der Waals surface area (Å²) in [6.07, 6.45) is -2.48. The van der Waals surface area contributed by atoms with Crippen molar-refractivity contribution in [3.05, 3.63) is 58.6 Å². The number of carbonyl (C=O) groups is 3. The van der Waals surface area contributed by atoms with Crippen molar-refractivity contribution < 1.29 is 42.1 Å². The van der Waals surface area contributed by atoms with Gasteiger partial charge >= 0.3 is 23.8 Å². The molecule has 0 radical (unpaired) electrons. The highest BCUT2D eigenvalue weighted by atomic mass is 32.2. The number of hydrogen-bond donors (Lipinski definition) is 1. The second kappa shape index (κ2) is 15.6. The number of nitrogens with zero attached hydrogens (tertiary/aromatic N) is 3. The van der Waals surface area contributed by atoms with Crippen molar-refractivity contribution in [3.63, 3.8) is 0 Å². The molecule has 0 bridgehead atoms. The Kier molecular flexibility index (Phi) is 12.6. The lowest BCUT2D eigenvalue weighted by Gasteiger charge is -2.28. The van der Waals surface area contributed by atoms with Gasteiger partial charge in [0.15, 0.2) is 5.82 Å². The monoisotopic (exact) mass is 684 g/mol. The molecular weight excluding hydrogens is 642 g/mol. The molecule has 13 nitrogen and oxygen atoms in total.